The van der Waals surface area contributed by atoms with Gasteiger partial charge in [0.05, 0.1) is 12.5 Å². The molecule has 0 atom stereocenters. The summed E-state index contributed by atoms with van der Waals surface area (Å²) < 4.78 is 36.9. The molecule has 0 unspecified atom stereocenters. The summed E-state index contributed by atoms with van der Waals surface area (Å²) in [6.07, 6.45) is 2.51. The topological polar surface area (TPSA) is 74.0 Å². The van der Waals surface area contributed by atoms with E-state index >= 15 is 0 Å². The van der Waals surface area contributed by atoms with Crippen molar-refractivity contribution >= 4 is 11.9 Å². The molecule has 6 nitrogen and oxygen atoms in total. The lowest BCUT2D eigenvalue weighted by Crippen LogP contribution is -2.53. The number of likely N-dealkylation sites (tertiary alicyclic amines) is 2. The van der Waals surface area contributed by atoms with Crippen LogP contribution in [0.1, 0.15) is 45.1 Å². The highest BCUT2D eigenvalue weighted by Crippen LogP contribution is 2.39. The first-order valence-electron chi connectivity index (χ1n) is 9.37. The highest BCUT2D eigenvalue weighted by Gasteiger charge is 2.46. The fourth-order valence-corrected chi connectivity index (χ4v) is 3.82. The SMILES string of the molecule is CC(C)CN1C(=O)CCC12CCN(Cc1ccoc1)CC2.O=C(O)C(F)(F)F. The second kappa shape index (κ2) is 8.98. The Hall–Kier alpha value is -2.03. The fraction of sp³-hybridized carbons (Fsp3) is 0.684. The third kappa shape index (κ3) is 5.73. The molecule has 28 heavy (non-hydrogen) atoms. The standard InChI is InChI=1S/C17H26N2O2.C2HF3O2/c1-14(2)11-19-16(20)3-5-17(19)6-8-18(9-7-17)12-15-4-10-21-13-15;3-2(4,5)1(6)7/h4,10,13-14H,3,5-9,11-12H2,1-2H3;(H,6,7). The van der Waals surface area contributed by atoms with Crippen LogP contribution in [0.3, 0.4) is 0 Å². The summed E-state index contributed by atoms with van der Waals surface area (Å²) in [5.41, 5.74) is 1.39. The molecule has 3 rings (SSSR count). The number of furan rings is 1. The summed E-state index contributed by atoms with van der Waals surface area (Å²) in [7, 11) is 0. The normalized spacial score (nSPS) is 19.8. The zero-order chi connectivity index (χ0) is 20.9. The third-order valence-electron chi connectivity index (χ3n) is 5.24. The number of piperidine rings is 1. The van der Waals surface area contributed by atoms with Gasteiger partial charge in [0.2, 0.25) is 5.91 Å². The number of halogens is 3. The van der Waals surface area contributed by atoms with Crippen LogP contribution in [0.2, 0.25) is 0 Å². The van der Waals surface area contributed by atoms with Gasteiger partial charge in [-0.3, -0.25) is 9.69 Å². The van der Waals surface area contributed by atoms with Crippen LogP contribution < -0.4 is 0 Å². The molecule has 1 amide bonds. The summed E-state index contributed by atoms with van der Waals surface area (Å²) in [6.45, 7) is 8.44. The van der Waals surface area contributed by atoms with Crippen molar-refractivity contribution in [3.63, 3.8) is 0 Å². The van der Waals surface area contributed by atoms with E-state index in [9.17, 15) is 18.0 Å². The van der Waals surface area contributed by atoms with Crippen LogP contribution in [0.25, 0.3) is 0 Å². The Morgan fingerprint density at radius 3 is 2.36 bits per heavy atom. The lowest BCUT2D eigenvalue weighted by atomic mass is 9.84. The van der Waals surface area contributed by atoms with Crippen LogP contribution in [0.4, 0.5) is 13.2 Å². The Bertz CT molecular complexity index is 651. The molecule has 2 fully saturated rings. The van der Waals surface area contributed by atoms with Crippen LogP contribution in [0, 0.1) is 5.92 Å². The number of amides is 1. The number of carbonyl (C=O) groups excluding carboxylic acids is 1. The van der Waals surface area contributed by atoms with Gasteiger partial charge in [-0.25, -0.2) is 4.79 Å². The average molecular weight is 404 g/mol. The average Bonchev–Trinajstić information content (AvgIpc) is 3.21. The number of carboxylic acid groups (broad SMARTS) is 1. The highest BCUT2D eigenvalue weighted by atomic mass is 19.4. The van der Waals surface area contributed by atoms with Crippen molar-refractivity contribution in [2.45, 2.75) is 57.8 Å². The molecule has 0 aliphatic carbocycles. The first-order valence-corrected chi connectivity index (χ1v) is 9.37. The van der Waals surface area contributed by atoms with E-state index in [4.69, 9.17) is 14.3 Å². The molecule has 2 aliphatic rings. The first-order chi connectivity index (χ1) is 13.0. The molecule has 9 heteroatoms. The van der Waals surface area contributed by atoms with Crippen LogP contribution in [-0.2, 0) is 16.1 Å². The Kier molecular flexibility index (Phi) is 7.14. The molecule has 0 radical (unpaired) electrons. The zero-order valence-corrected chi connectivity index (χ0v) is 16.2. The van der Waals surface area contributed by atoms with Gasteiger partial charge in [-0.2, -0.15) is 13.2 Å². The minimum Gasteiger partial charge on any atom is -0.475 e. The van der Waals surface area contributed by atoms with Crippen LogP contribution >= 0.6 is 0 Å². The summed E-state index contributed by atoms with van der Waals surface area (Å²) in [5, 5.41) is 7.12. The molecule has 1 aromatic heterocycles. The Labute approximate surface area is 162 Å². The van der Waals surface area contributed by atoms with Gasteiger partial charge in [0.15, 0.2) is 0 Å². The van der Waals surface area contributed by atoms with E-state index in [1.54, 1.807) is 6.26 Å². The van der Waals surface area contributed by atoms with Gasteiger partial charge in [0.25, 0.3) is 0 Å². The van der Waals surface area contributed by atoms with Crippen molar-refractivity contribution in [3.05, 3.63) is 24.2 Å². The zero-order valence-electron chi connectivity index (χ0n) is 16.2. The predicted octanol–water partition coefficient (Wildman–Crippen LogP) is 3.53. The van der Waals surface area contributed by atoms with Gasteiger partial charge in [-0.05, 0) is 31.2 Å². The fourth-order valence-electron chi connectivity index (χ4n) is 3.82. The maximum Gasteiger partial charge on any atom is 0.490 e. The number of hydrogen-bond acceptors (Lipinski definition) is 4. The number of aliphatic carboxylic acids is 1. The van der Waals surface area contributed by atoms with E-state index in [0.717, 1.165) is 51.9 Å². The highest BCUT2D eigenvalue weighted by molar-refractivity contribution is 5.79. The van der Waals surface area contributed by atoms with E-state index in [0.29, 0.717) is 11.8 Å². The number of alkyl halides is 3. The van der Waals surface area contributed by atoms with Crippen molar-refractivity contribution in [2.24, 2.45) is 5.92 Å². The van der Waals surface area contributed by atoms with E-state index in [2.05, 4.69) is 23.6 Å². The lowest BCUT2D eigenvalue weighted by molar-refractivity contribution is -0.192. The van der Waals surface area contributed by atoms with Gasteiger partial charge < -0.3 is 14.4 Å². The predicted molar refractivity (Wildman–Crippen MR) is 95.4 cm³/mol. The molecule has 2 aliphatic heterocycles. The molecule has 1 spiro atoms. The van der Waals surface area contributed by atoms with Gasteiger partial charge in [-0.1, -0.05) is 13.8 Å². The summed E-state index contributed by atoms with van der Waals surface area (Å²) in [6, 6.07) is 2.04. The van der Waals surface area contributed by atoms with Crippen LogP contribution in [-0.4, -0.2) is 58.1 Å². The van der Waals surface area contributed by atoms with Crippen LogP contribution in [0.5, 0.6) is 0 Å². The molecular formula is C19H27F3N2O4. The molecule has 0 saturated carbocycles. The van der Waals surface area contributed by atoms with E-state index < -0.39 is 12.1 Å². The maximum absolute atomic E-state index is 12.2. The first kappa shape index (κ1) is 22.3. The molecule has 3 heterocycles. The van der Waals surface area contributed by atoms with Gasteiger partial charge in [0, 0.05) is 43.7 Å². The summed E-state index contributed by atoms with van der Waals surface area (Å²) in [4.78, 5) is 25.8. The molecular weight excluding hydrogens is 377 g/mol. The van der Waals surface area contributed by atoms with Gasteiger partial charge >= 0.3 is 12.1 Å². The third-order valence-corrected chi connectivity index (χ3v) is 5.24. The van der Waals surface area contributed by atoms with Crippen molar-refractivity contribution < 1.29 is 32.3 Å². The quantitative estimate of drug-likeness (QED) is 0.831. The summed E-state index contributed by atoms with van der Waals surface area (Å²) >= 11 is 0. The largest absolute Gasteiger partial charge is 0.490 e. The number of hydrogen-bond donors (Lipinski definition) is 1. The smallest absolute Gasteiger partial charge is 0.475 e. The number of rotatable bonds is 4. The van der Waals surface area contributed by atoms with Crippen molar-refractivity contribution in [1.82, 2.24) is 9.80 Å². The number of carbonyl (C=O) groups is 2. The minimum atomic E-state index is -5.08. The lowest BCUT2D eigenvalue weighted by Gasteiger charge is -2.45. The second-order valence-corrected chi connectivity index (χ2v) is 7.83. The maximum atomic E-state index is 12.2. The Morgan fingerprint density at radius 1 is 1.29 bits per heavy atom. The van der Waals surface area contributed by atoms with Gasteiger partial charge in [0.1, 0.15) is 0 Å². The van der Waals surface area contributed by atoms with E-state index in [-0.39, 0.29) is 5.54 Å². The Morgan fingerprint density at radius 2 is 1.89 bits per heavy atom. The molecule has 2 saturated heterocycles. The number of carboxylic acids is 1. The molecule has 0 bridgehead atoms. The molecule has 1 aromatic rings. The molecule has 0 aromatic carbocycles. The Balaban J connectivity index is 0.000000345. The molecule has 158 valence electrons. The van der Waals surface area contributed by atoms with Crippen molar-refractivity contribution in [1.29, 1.82) is 0 Å². The monoisotopic (exact) mass is 404 g/mol. The van der Waals surface area contributed by atoms with E-state index in [1.165, 1.54) is 5.56 Å². The minimum absolute atomic E-state index is 0.147. The molecule has 1 N–H and O–H groups in total. The van der Waals surface area contributed by atoms with Crippen molar-refractivity contribution in [3.8, 4) is 0 Å². The number of nitrogens with zero attached hydrogens (tertiary/aromatic N) is 2. The summed E-state index contributed by atoms with van der Waals surface area (Å²) in [5.74, 6) is -1.84. The van der Waals surface area contributed by atoms with Gasteiger partial charge in [-0.15, -0.1) is 0 Å². The second-order valence-electron chi connectivity index (χ2n) is 7.83. The van der Waals surface area contributed by atoms with Crippen LogP contribution in [0.15, 0.2) is 23.0 Å². The van der Waals surface area contributed by atoms with Crippen molar-refractivity contribution in [2.75, 3.05) is 19.6 Å². The van der Waals surface area contributed by atoms with E-state index in [1.807, 2.05) is 12.3 Å².